The summed E-state index contributed by atoms with van der Waals surface area (Å²) in [7, 11) is 0. The predicted octanol–water partition coefficient (Wildman–Crippen LogP) is 3.33. The lowest BCUT2D eigenvalue weighted by Crippen LogP contribution is -2.14. The second kappa shape index (κ2) is 6.33. The number of rotatable bonds is 6. The van der Waals surface area contributed by atoms with Gasteiger partial charge < -0.3 is 10.4 Å². The highest BCUT2D eigenvalue weighted by Crippen LogP contribution is 2.24. The van der Waals surface area contributed by atoms with E-state index in [0.717, 1.165) is 16.4 Å². The molecule has 5 heteroatoms. The standard InChI is InChI=1S/C14H16N2O2S/c1-10(7-13(17)18)8-15-14-16-12(9-19-14)11-5-3-2-4-6-11/h2-6,9-10H,7-8H2,1H3,(H,15,16)(H,17,18). The van der Waals surface area contributed by atoms with E-state index < -0.39 is 5.97 Å². The lowest BCUT2D eigenvalue weighted by molar-refractivity contribution is -0.137. The second-order valence-electron chi connectivity index (χ2n) is 4.49. The Hall–Kier alpha value is -1.88. The molecular formula is C14H16N2O2S. The van der Waals surface area contributed by atoms with Crippen molar-refractivity contribution in [2.45, 2.75) is 13.3 Å². The molecule has 1 atom stereocenters. The van der Waals surface area contributed by atoms with Crippen molar-refractivity contribution in [1.82, 2.24) is 4.98 Å². The monoisotopic (exact) mass is 276 g/mol. The Morgan fingerprint density at radius 2 is 2.16 bits per heavy atom. The van der Waals surface area contributed by atoms with Gasteiger partial charge in [-0.05, 0) is 5.92 Å². The van der Waals surface area contributed by atoms with Crippen LogP contribution in [0.5, 0.6) is 0 Å². The molecule has 2 N–H and O–H groups in total. The Kier molecular flexibility index (Phi) is 4.52. The summed E-state index contributed by atoms with van der Waals surface area (Å²) in [5.41, 5.74) is 2.03. The van der Waals surface area contributed by atoms with Crippen molar-refractivity contribution in [2.24, 2.45) is 5.92 Å². The molecule has 0 amide bonds. The van der Waals surface area contributed by atoms with E-state index in [2.05, 4.69) is 10.3 Å². The third kappa shape index (κ3) is 4.06. The van der Waals surface area contributed by atoms with Crippen molar-refractivity contribution in [2.75, 3.05) is 11.9 Å². The number of carbonyl (C=O) groups is 1. The maximum absolute atomic E-state index is 10.6. The quantitative estimate of drug-likeness (QED) is 0.849. The van der Waals surface area contributed by atoms with Crippen LogP contribution < -0.4 is 5.32 Å². The van der Waals surface area contributed by atoms with Crippen LogP contribution in [0.25, 0.3) is 11.3 Å². The molecule has 0 aliphatic carbocycles. The van der Waals surface area contributed by atoms with Crippen LogP contribution in [0.2, 0.25) is 0 Å². The minimum absolute atomic E-state index is 0.0848. The molecule has 1 unspecified atom stereocenters. The van der Waals surface area contributed by atoms with E-state index in [1.54, 1.807) is 0 Å². The van der Waals surface area contributed by atoms with Gasteiger partial charge in [0.05, 0.1) is 5.69 Å². The average Bonchev–Trinajstić information content (AvgIpc) is 2.85. The summed E-state index contributed by atoms with van der Waals surface area (Å²) in [6, 6.07) is 9.98. The summed E-state index contributed by atoms with van der Waals surface area (Å²) < 4.78 is 0. The van der Waals surface area contributed by atoms with Gasteiger partial charge >= 0.3 is 5.97 Å². The number of carboxylic acids is 1. The van der Waals surface area contributed by atoms with Gasteiger partial charge in [0.25, 0.3) is 0 Å². The number of thiazole rings is 1. The first kappa shape index (κ1) is 13.5. The maximum atomic E-state index is 10.6. The fourth-order valence-corrected chi connectivity index (χ4v) is 2.46. The van der Waals surface area contributed by atoms with Gasteiger partial charge in [-0.15, -0.1) is 11.3 Å². The highest BCUT2D eigenvalue weighted by atomic mass is 32.1. The predicted molar refractivity (Wildman–Crippen MR) is 77.5 cm³/mol. The molecule has 1 heterocycles. The van der Waals surface area contributed by atoms with Crippen LogP contribution in [0, 0.1) is 5.92 Å². The van der Waals surface area contributed by atoms with Crippen LogP contribution in [0.3, 0.4) is 0 Å². The average molecular weight is 276 g/mol. The highest BCUT2D eigenvalue weighted by molar-refractivity contribution is 7.14. The molecular weight excluding hydrogens is 260 g/mol. The van der Waals surface area contributed by atoms with Gasteiger partial charge in [-0.1, -0.05) is 37.3 Å². The zero-order valence-electron chi connectivity index (χ0n) is 10.7. The first-order chi connectivity index (χ1) is 9.15. The molecule has 4 nitrogen and oxygen atoms in total. The number of carboxylic acid groups (broad SMARTS) is 1. The lowest BCUT2D eigenvalue weighted by Gasteiger charge is -2.08. The third-order valence-corrected chi connectivity index (χ3v) is 3.50. The van der Waals surface area contributed by atoms with Crippen LogP contribution in [-0.2, 0) is 4.79 Å². The van der Waals surface area contributed by atoms with Crippen molar-refractivity contribution in [3.8, 4) is 11.3 Å². The van der Waals surface area contributed by atoms with E-state index in [4.69, 9.17) is 5.11 Å². The van der Waals surface area contributed by atoms with Crippen LogP contribution in [0.1, 0.15) is 13.3 Å². The van der Waals surface area contributed by atoms with Crippen molar-refractivity contribution in [1.29, 1.82) is 0 Å². The summed E-state index contributed by atoms with van der Waals surface area (Å²) in [5.74, 6) is -0.681. The number of hydrogen-bond donors (Lipinski definition) is 2. The van der Waals surface area contributed by atoms with Gasteiger partial charge in [0, 0.05) is 23.9 Å². The lowest BCUT2D eigenvalue weighted by atomic mass is 10.1. The van der Waals surface area contributed by atoms with Crippen LogP contribution in [-0.4, -0.2) is 22.6 Å². The normalized spacial score (nSPS) is 12.1. The van der Waals surface area contributed by atoms with E-state index in [0.29, 0.717) is 6.54 Å². The van der Waals surface area contributed by atoms with E-state index >= 15 is 0 Å². The summed E-state index contributed by atoms with van der Waals surface area (Å²) in [4.78, 5) is 15.1. The molecule has 1 aromatic carbocycles. The molecule has 0 saturated heterocycles. The van der Waals surface area contributed by atoms with Crippen molar-refractivity contribution in [3.05, 3.63) is 35.7 Å². The molecule has 0 radical (unpaired) electrons. The molecule has 0 bridgehead atoms. The SMILES string of the molecule is CC(CNc1nc(-c2ccccc2)cs1)CC(=O)O. The fourth-order valence-electron chi connectivity index (χ4n) is 1.73. The van der Waals surface area contributed by atoms with Crippen LogP contribution in [0.4, 0.5) is 5.13 Å². The number of hydrogen-bond acceptors (Lipinski definition) is 4. The number of nitrogens with one attached hydrogen (secondary N) is 1. The van der Waals surface area contributed by atoms with Gasteiger partial charge in [-0.2, -0.15) is 0 Å². The summed E-state index contributed by atoms with van der Waals surface area (Å²) in [5, 5.41) is 14.7. The Labute approximate surface area is 116 Å². The molecule has 19 heavy (non-hydrogen) atoms. The first-order valence-electron chi connectivity index (χ1n) is 6.12. The maximum Gasteiger partial charge on any atom is 0.303 e. The summed E-state index contributed by atoms with van der Waals surface area (Å²) >= 11 is 1.54. The Morgan fingerprint density at radius 3 is 2.84 bits per heavy atom. The Balaban J connectivity index is 1.93. The molecule has 100 valence electrons. The number of benzene rings is 1. The largest absolute Gasteiger partial charge is 0.481 e. The Bertz CT molecular complexity index is 539. The number of aromatic nitrogens is 1. The van der Waals surface area contributed by atoms with E-state index in [-0.39, 0.29) is 12.3 Å². The molecule has 0 aliphatic heterocycles. The molecule has 0 fully saturated rings. The Morgan fingerprint density at radius 1 is 1.42 bits per heavy atom. The minimum atomic E-state index is -0.765. The van der Waals surface area contributed by atoms with Crippen molar-refractivity contribution in [3.63, 3.8) is 0 Å². The zero-order valence-corrected chi connectivity index (χ0v) is 11.5. The van der Waals surface area contributed by atoms with Gasteiger partial charge in [-0.3, -0.25) is 4.79 Å². The zero-order chi connectivity index (χ0) is 13.7. The smallest absolute Gasteiger partial charge is 0.303 e. The van der Waals surface area contributed by atoms with Crippen molar-refractivity contribution >= 4 is 22.4 Å². The number of aliphatic carboxylic acids is 1. The third-order valence-electron chi connectivity index (χ3n) is 2.70. The highest BCUT2D eigenvalue weighted by Gasteiger charge is 2.09. The topological polar surface area (TPSA) is 62.2 Å². The van der Waals surface area contributed by atoms with Gasteiger partial charge in [0.15, 0.2) is 5.13 Å². The van der Waals surface area contributed by atoms with Crippen LogP contribution in [0.15, 0.2) is 35.7 Å². The first-order valence-corrected chi connectivity index (χ1v) is 6.99. The van der Waals surface area contributed by atoms with E-state index in [1.807, 2.05) is 42.6 Å². The molecule has 0 spiro atoms. The fraction of sp³-hybridized carbons (Fsp3) is 0.286. The summed E-state index contributed by atoms with van der Waals surface area (Å²) in [6.07, 6.45) is 0.171. The molecule has 2 rings (SSSR count). The molecule has 2 aromatic rings. The number of anilines is 1. The van der Waals surface area contributed by atoms with Gasteiger partial charge in [0.1, 0.15) is 0 Å². The minimum Gasteiger partial charge on any atom is -0.481 e. The molecule has 1 aromatic heterocycles. The van der Waals surface area contributed by atoms with Gasteiger partial charge in [0.2, 0.25) is 0 Å². The van der Waals surface area contributed by atoms with E-state index in [1.165, 1.54) is 11.3 Å². The van der Waals surface area contributed by atoms with Crippen LogP contribution >= 0.6 is 11.3 Å². The molecule has 0 saturated carbocycles. The molecule has 0 aliphatic rings. The van der Waals surface area contributed by atoms with Gasteiger partial charge in [-0.25, -0.2) is 4.98 Å². The second-order valence-corrected chi connectivity index (χ2v) is 5.35. The van der Waals surface area contributed by atoms with Crippen molar-refractivity contribution < 1.29 is 9.90 Å². The van der Waals surface area contributed by atoms with E-state index in [9.17, 15) is 4.79 Å². The summed E-state index contributed by atoms with van der Waals surface area (Å²) in [6.45, 7) is 2.53. The number of nitrogens with zero attached hydrogens (tertiary/aromatic N) is 1.